The smallest absolute Gasteiger partial charge is 0.389 e. The molecule has 2 amide bonds. The molecule has 1 aromatic carbocycles. The van der Waals surface area contributed by atoms with E-state index in [0.717, 1.165) is 6.20 Å². The van der Waals surface area contributed by atoms with E-state index in [9.17, 15) is 14.7 Å². The van der Waals surface area contributed by atoms with E-state index in [1.165, 1.54) is 12.1 Å². The maximum absolute atomic E-state index is 12.2. The number of nitrogens with two attached hydrogens (primary N) is 1. The van der Waals surface area contributed by atoms with Crippen LogP contribution in [0.25, 0.3) is 4.98 Å². The van der Waals surface area contributed by atoms with Crippen molar-refractivity contribution in [3.63, 3.8) is 0 Å². The molecule has 0 saturated carbocycles. The topological polar surface area (TPSA) is 133 Å². The van der Waals surface area contributed by atoms with Crippen molar-refractivity contribution in [1.29, 1.82) is 5.39 Å². The lowest BCUT2D eigenvalue weighted by Gasteiger charge is -2.15. The molecule has 21 heavy (non-hydrogen) atoms. The average Bonchev–Trinajstić information content (AvgIpc) is 2.51. The van der Waals surface area contributed by atoms with Gasteiger partial charge in [-0.05, 0) is 18.6 Å². The normalized spacial score (nSPS) is 12.1. The maximum Gasteiger partial charge on any atom is 0.389 e. The molecule has 0 heterocycles. The van der Waals surface area contributed by atoms with Gasteiger partial charge >= 0.3 is 6.20 Å². The number of aliphatic hydroxyl groups is 1. The van der Waals surface area contributed by atoms with E-state index < -0.39 is 17.9 Å². The number of hydrogen-bond acceptors (Lipinski definition) is 5. The molecule has 8 heteroatoms. The van der Waals surface area contributed by atoms with E-state index in [1.54, 1.807) is 19.1 Å². The highest BCUT2D eigenvalue weighted by atomic mass is 16.3. The largest absolute Gasteiger partial charge is 0.504 e. The molecular weight excluding hydrogens is 274 g/mol. The summed E-state index contributed by atoms with van der Waals surface area (Å²) < 4.78 is 0. The quantitative estimate of drug-likeness (QED) is 0.211. The third-order valence-corrected chi connectivity index (χ3v) is 2.81. The van der Waals surface area contributed by atoms with Gasteiger partial charge in [0.05, 0.1) is 17.2 Å². The molecule has 0 aliphatic carbocycles. The van der Waals surface area contributed by atoms with Crippen molar-refractivity contribution in [2.45, 2.75) is 19.4 Å². The van der Waals surface area contributed by atoms with Crippen LogP contribution in [0.15, 0.2) is 36.2 Å². The van der Waals surface area contributed by atoms with Crippen molar-refractivity contribution in [1.82, 2.24) is 10.7 Å². The third-order valence-electron chi connectivity index (χ3n) is 2.81. The van der Waals surface area contributed by atoms with Crippen LogP contribution >= 0.6 is 0 Å². The van der Waals surface area contributed by atoms with E-state index in [1.807, 2.05) is 5.43 Å². The monoisotopic (exact) mass is 290 g/mol. The Labute approximate surface area is 121 Å². The number of amides is 2. The number of nitrogens with one attached hydrogen (secondary N) is 2. The molecule has 1 aromatic rings. The molecule has 0 bridgehead atoms. The zero-order chi connectivity index (χ0) is 15.8. The Morgan fingerprint density at radius 3 is 2.43 bits per heavy atom. The van der Waals surface area contributed by atoms with Crippen LogP contribution in [-0.4, -0.2) is 23.0 Å². The Balaban J connectivity index is 3.02. The van der Waals surface area contributed by atoms with Crippen molar-refractivity contribution >= 4 is 11.8 Å². The number of diazo groups is 1. The van der Waals surface area contributed by atoms with Gasteiger partial charge in [0.2, 0.25) is 11.2 Å². The van der Waals surface area contributed by atoms with Crippen LogP contribution in [-0.2, 0) is 0 Å². The first-order valence-corrected chi connectivity index (χ1v) is 6.19. The van der Waals surface area contributed by atoms with Gasteiger partial charge in [-0.2, -0.15) is 0 Å². The van der Waals surface area contributed by atoms with Gasteiger partial charge in [-0.1, -0.05) is 19.1 Å². The van der Waals surface area contributed by atoms with E-state index >= 15 is 0 Å². The molecule has 5 N–H and O–H groups in total. The van der Waals surface area contributed by atoms with Crippen LogP contribution in [0.1, 0.15) is 34.1 Å². The zero-order valence-corrected chi connectivity index (χ0v) is 11.4. The van der Waals surface area contributed by atoms with Crippen LogP contribution in [0.5, 0.6) is 0 Å². The lowest BCUT2D eigenvalue weighted by atomic mass is 10.1. The van der Waals surface area contributed by atoms with Gasteiger partial charge in [-0.3, -0.25) is 15.0 Å². The van der Waals surface area contributed by atoms with E-state index in [4.69, 9.17) is 11.2 Å². The summed E-state index contributed by atoms with van der Waals surface area (Å²) >= 11 is 0. The Morgan fingerprint density at radius 2 is 1.95 bits per heavy atom. The number of hydrogen-bond donors (Lipinski definition) is 4. The number of nitrogen functional groups attached to an aromatic ring is 1. The van der Waals surface area contributed by atoms with Gasteiger partial charge in [0.15, 0.2) is 4.98 Å². The first-order valence-electron chi connectivity index (χ1n) is 6.19. The number of aliphatic hydroxyl groups excluding tert-OH is 1. The molecule has 1 atom stereocenters. The van der Waals surface area contributed by atoms with Gasteiger partial charge in [-0.15, -0.1) is 0 Å². The number of hydrazine groups is 1. The second-order valence-corrected chi connectivity index (χ2v) is 4.12. The highest BCUT2D eigenvalue weighted by Crippen LogP contribution is 2.11. The Hall–Kier alpha value is -2.92. The minimum Gasteiger partial charge on any atom is -0.504 e. The molecule has 8 nitrogen and oxygen atoms in total. The fourth-order valence-electron chi connectivity index (χ4n) is 1.73. The molecular formula is C13H16N5O3+. The second kappa shape index (κ2) is 7.62. The molecule has 0 saturated heterocycles. The molecule has 0 radical (unpaired) electrons. The maximum atomic E-state index is 12.2. The lowest BCUT2D eigenvalue weighted by molar-refractivity contribution is 0.0907. The number of rotatable bonds is 5. The molecule has 0 fully saturated rings. The standard InChI is InChI=1S/C13H15N5O3/c1-2-10(11(19)7-16-14)17-12(20)8-5-3-4-6-9(8)13(21)18-15/h3-7,10,14-15H,2H2,1H3,(H2,17,19,20)/p+1/b11-7+. The summed E-state index contributed by atoms with van der Waals surface area (Å²) in [5, 5.41) is 20.6. The average molecular weight is 290 g/mol. The molecule has 0 aliphatic rings. The second-order valence-electron chi connectivity index (χ2n) is 4.12. The number of carbonyl (C=O) groups excluding carboxylic acids is 2. The molecule has 0 aromatic heterocycles. The van der Waals surface area contributed by atoms with E-state index in [2.05, 4.69) is 10.3 Å². The van der Waals surface area contributed by atoms with Crippen molar-refractivity contribution in [2.24, 2.45) is 5.84 Å². The van der Waals surface area contributed by atoms with Crippen LogP contribution in [0, 0.1) is 5.39 Å². The SMILES string of the molecule is CCC(NC(=O)c1ccccc1C(=O)NN)/C(O)=C\[N+]#N. The van der Waals surface area contributed by atoms with Crippen LogP contribution in [0.4, 0.5) is 0 Å². The predicted molar refractivity (Wildman–Crippen MR) is 75.4 cm³/mol. The summed E-state index contributed by atoms with van der Waals surface area (Å²) in [4.78, 5) is 26.5. The summed E-state index contributed by atoms with van der Waals surface area (Å²) in [6, 6.07) is 5.38. The fourth-order valence-corrected chi connectivity index (χ4v) is 1.73. The number of benzene rings is 1. The minimum absolute atomic E-state index is 0.114. The van der Waals surface area contributed by atoms with Gasteiger partial charge in [-0.25, -0.2) is 5.84 Å². The van der Waals surface area contributed by atoms with Gasteiger partial charge in [0, 0.05) is 0 Å². The molecule has 0 spiro atoms. The summed E-state index contributed by atoms with van der Waals surface area (Å²) in [6.07, 6.45) is 1.20. The van der Waals surface area contributed by atoms with Crippen molar-refractivity contribution in [3.05, 3.63) is 52.3 Å². The van der Waals surface area contributed by atoms with Gasteiger partial charge < -0.3 is 10.4 Å². The van der Waals surface area contributed by atoms with Gasteiger partial charge in [0.1, 0.15) is 0 Å². The van der Waals surface area contributed by atoms with E-state index in [0.29, 0.717) is 6.42 Å². The third kappa shape index (κ3) is 4.02. The Bertz CT molecular complexity index is 606. The highest BCUT2D eigenvalue weighted by molar-refractivity contribution is 6.07. The lowest BCUT2D eigenvalue weighted by Crippen LogP contribution is -2.38. The van der Waals surface area contributed by atoms with Crippen molar-refractivity contribution in [3.8, 4) is 0 Å². The van der Waals surface area contributed by atoms with Crippen molar-refractivity contribution < 1.29 is 14.7 Å². The summed E-state index contributed by atoms with van der Waals surface area (Å²) in [6.45, 7) is 1.73. The van der Waals surface area contributed by atoms with Crippen molar-refractivity contribution in [2.75, 3.05) is 0 Å². The fraction of sp³-hybridized carbons (Fsp3) is 0.231. The Morgan fingerprint density at radius 1 is 1.38 bits per heavy atom. The highest BCUT2D eigenvalue weighted by Gasteiger charge is 2.21. The molecule has 0 aliphatic heterocycles. The summed E-state index contributed by atoms with van der Waals surface area (Å²) in [5.41, 5.74) is 2.19. The zero-order valence-electron chi connectivity index (χ0n) is 11.4. The number of nitrogens with zero attached hydrogens (tertiary/aromatic N) is 2. The molecule has 110 valence electrons. The van der Waals surface area contributed by atoms with Crippen LogP contribution < -0.4 is 16.6 Å². The van der Waals surface area contributed by atoms with E-state index in [-0.39, 0.29) is 16.9 Å². The molecule has 1 unspecified atom stereocenters. The first-order chi connectivity index (χ1) is 10.0. The van der Waals surface area contributed by atoms with Crippen LogP contribution in [0.3, 0.4) is 0 Å². The first kappa shape index (κ1) is 16.1. The predicted octanol–water partition coefficient (Wildman–Crippen LogP) is 1.05. The summed E-state index contributed by atoms with van der Waals surface area (Å²) in [5.74, 6) is 3.62. The molecule has 1 rings (SSSR count). The number of carbonyl (C=O) groups is 2. The van der Waals surface area contributed by atoms with Gasteiger partial charge in [0.25, 0.3) is 11.8 Å². The Kier molecular flexibility index (Phi) is 5.85. The minimum atomic E-state index is -0.734. The van der Waals surface area contributed by atoms with Crippen LogP contribution in [0.2, 0.25) is 0 Å². The summed E-state index contributed by atoms with van der Waals surface area (Å²) in [7, 11) is 0.